The fourth-order valence-electron chi connectivity index (χ4n) is 3.56. The van der Waals surface area contributed by atoms with Gasteiger partial charge in [0.15, 0.2) is 0 Å². The molecule has 0 aromatic carbocycles. The molecule has 2 aromatic rings. The number of hydrogen-bond acceptors (Lipinski definition) is 4. The Balaban J connectivity index is 1.61. The zero-order valence-corrected chi connectivity index (χ0v) is 15.8. The van der Waals surface area contributed by atoms with Gasteiger partial charge >= 0.3 is 11.9 Å². The quantitative estimate of drug-likeness (QED) is 0.696. The number of halogens is 5. The fraction of sp³-hybridized carbons (Fsp3) is 0.529. The van der Waals surface area contributed by atoms with E-state index < -0.39 is 29.6 Å². The number of alkyl halides is 4. The average molecular weight is 434 g/mol. The van der Waals surface area contributed by atoms with Crippen molar-refractivity contribution in [3.8, 4) is 0 Å². The molecule has 1 amide bonds. The van der Waals surface area contributed by atoms with E-state index in [-0.39, 0.29) is 36.3 Å². The summed E-state index contributed by atoms with van der Waals surface area (Å²) in [7, 11) is 0. The predicted octanol–water partition coefficient (Wildman–Crippen LogP) is 2.22. The minimum absolute atomic E-state index is 0.0125. The second-order valence-electron chi connectivity index (χ2n) is 7.13. The van der Waals surface area contributed by atoms with Crippen LogP contribution < -0.4 is 5.69 Å². The van der Waals surface area contributed by atoms with E-state index in [1.165, 1.54) is 9.47 Å². The number of fused-ring (bicyclic) bond motifs is 1. The first-order valence-electron chi connectivity index (χ1n) is 8.98. The van der Waals surface area contributed by atoms with Gasteiger partial charge in [0.1, 0.15) is 18.0 Å². The van der Waals surface area contributed by atoms with Crippen LogP contribution in [0.25, 0.3) is 0 Å². The van der Waals surface area contributed by atoms with Crippen molar-refractivity contribution in [2.45, 2.75) is 44.2 Å². The highest BCUT2D eigenvalue weighted by Gasteiger charge is 2.38. The number of pyridine rings is 1. The maximum absolute atomic E-state index is 13.1. The van der Waals surface area contributed by atoms with Crippen LogP contribution in [-0.2, 0) is 23.9 Å². The Bertz CT molecular complexity index is 1010. The van der Waals surface area contributed by atoms with E-state index in [1.54, 1.807) is 0 Å². The molecule has 0 saturated carbocycles. The number of rotatable bonds is 3. The van der Waals surface area contributed by atoms with Gasteiger partial charge in [0, 0.05) is 12.6 Å². The summed E-state index contributed by atoms with van der Waals surface area (Å²) >= 11 is 5.92. The van der Waals surface area contributed by atoms with Crippen LogP contribution in [0, 0.1) is 0 Å². The minimum atomic E-state index is -4.58. The van der Waals surface area contributed by atoms with Crippen molar-refractivity contribution in [3.63, 3.8) is 0 Å². The van der Waals surface area contributed by atoms with Gasteiger partial charge in [0.2, 0.25) is 5.91 Å². The van der Waals surface area contributed by atoms with Crippen molar-refractivity contribution in [2.75, 3.05) is 13.1 Å². The standard InChI is InChI=1S/C17H16ClF4N5O2/c18-11-4-9(17(20,21)22)5-23-12(11)8-26-16(29)27-13(2-1-3-14(27)24-26)15(28)25-6-10(19)7-25/h4-5,10,13H,1-3,6-8H2/t13-/m0/s1. The second-order valence-corrected chi connectivity index (χ2v) is 7.53. The SMILES string of the molecule is O=C([C@@H]1CCCc2nn(Cc3ncc(C(F)(F)F)cc3Cl)c(=O)n21)N1CC(F)C1. The van der Waals surface area contributed by atoms with Crippen molar-refractivity contribution >= 4 is 17.5 Å². The fourth-order valence-corrected chi connectivity index (χ4v) is 3.79. The summed E-state index contributed by atoms with van der Waals surface area (Å²) in [6.45, 7) is -0.204. The lowest BCUT2D eigenvalue weighted by atomic mass is 10.0. The molecule has 0 radical (unpaired) electrons. The van der Waals surface area contributed by atoms with E-state index in [9.17, 15) is 27.2 Å². The third kappa shape index (κ3) is 3.63. The highest BCUT2D eigenvalue weighted by Crippen LogP contribution is 2.31. The molecule has 1 atom stereocenters. The molecule has 2 aliphatic rings. The summed E-state index contributed by atoms with van der Waals surface area (Å²) in [6.07, 6.45) is -3.43. The lowest BCUT2D eigenvalue weighted by Gasteiger charge is -2.37. The van der Waals surface area contributed by atoms with Gasteiger partial charge in [-0.25, -0.2) is 13.9 Å². The summed E-state index contributed by atoms with van der Waals surface area (Å²) in [5, 5.41) is 3.97. The van der Waals surface area contributed by atoms with Gasteiger partial charge in [-0.3, -0.25) is 14.3 Å². The molecule has 1 saturated heterocycles. The molecule has 12 heteroatoms. The number of carbonyl (C=O) groups is 1. The van der Waals surface area contributed by atoms with Crippen LogP contribution in [0.4, 0.5) is 17.6 Å². The van der Waals surface area contributed by atoms with Gasteiger partial charge in [-0.05, 0) is 18.9 Å². The molecule has 29 heavy (non-hydrogen) atoms. The number of hydrogen-bond donors (Lipinski definition) is 0. The molecule has 0 aliphatic carbocycles. The van der Waals surface area contributed by atoms with Crippen molar-refractivity contribution in [3.05, 3.63) is 44.9 Å². The first-order valence-corrected chi connectivity index (χ1v) is 9.35. The van der Waals surface area contributed by atoms with Gasteiger partial charge < -0.3 is 4.90 Å². The third-order valence-corrected chi connectivity index (χ3v) is 5.44. The average Bonchev–Trinajstić information content (AvgIpc) is 2.95. The Kier molecular flexibility index (Phi) is 4.88. The molecule has 4 heterocycles. The van der Waals surface area contributed by atoms with Crippen molar-refractivity contribution < 1.29 is 22.4 Å². The zero-order valence-electron chi connectivity index (χ0n) is 15.0. The summed E-state index contributed by atoms with van der Waals surface area (Å²) in [5.41, 5.74) is -1.51. The van der Waals surface area contributed by atoms with Crippen molar-refractivity contribution in [2.24, 2.45) is 0 Å². The predicted molar refractivity (Wildman–Crippen MR) is 93.3 cm³/mol. The van der Waals surface area contributed by atoms with Crippen LogP contribution >= 0.6 is 11.6 Å². The lowest BCUT2D eigenvalue weighted by molar-refractivity contribution is -0.142. The summed E-state index contributed by atoms with van der Waals surface area (Å²) in [4.78, 5) is 30.5. The molecule has 7 nitrogen and oxygen atoms in total. The zero-order chi connectivity index (χ0) is 20.9. The van der Waals surface area contributed by atoms with E-state index >= 15 is 0 Å². The number of aromatic nitrogens is 4. The molecular formula is C17H16ClF4N5O2. The largest absolute Gasteiger partial charge is 0.417 e. The molecule has 1 fully saturated rings. The van der Waals surface area contributed by atoms with Crippen molar-refractivity contribution in [1.29, 1.82) is 0 Å². The lowest BCUT2D eigenvalue weighted by Crippen LogP contribution is -2.54. The Morgan fingerprint density at radius 1 is 1.31 bits per heavy atom. The van der Waals surface area contributed by atoms with Crippen molar-refractivity contribution in [1.82, 2.24) is 24.2 Å². The van der Waals surface area contributed by atoms with Gasteiger partial charge in [-0.1, -0.05) is 11.6 Å². The first kappa shape index (κ1) is 19.9. The van der Waals surface area contributed by atoms with E-state index in [0.717, 1.165) is 10.7 Å². The maximum atomic E-state index is 13.1. The van der Waals surface area contributed by atoms with Gasteiger partial charge in [0.25, 0.3) is 0 Å². The summed E-state index contributed by atoms with van der Waals surface area (Å²) in [5.74, 6) is 0.0761. The highest BCUT2D eigenvalue weighted by atomic mass is 35.5. The minimum Gasteiger partial charge on any atom is -0.335 e. The van der Waals surface area contributed by atoms with Crippen LogP contribution in [0.2, 0.25) is 5.02 Å². The molecule has 2 aromatic heterocycles. The maximum Gasteiger partial charge on any atom is 0.417 e. The van der Waals surface area contributed by atoms with Crippen LogP contribution in [0.15, 0.2) is 17.1 Å². The number of amides is 1. The number of aryl methyl sites for hydroxylation is 1. The first-order chi connectivity index (χ1) is 13.6. The van der Waals surface area contributed by atoms with E-state index in [1.807, 2.05) is 0 Å². The Labute approximate surface area is 166 Å². The van der Waals surface area contributed by atoms with Gasteiger partial charge in [-0.2, -0.15) is 18.3 Å². The molecule has 4 rings (SSSR count). The van der Waals surface area contributed by atoms with E-state index in [2.05, 4.69) is 10.1 Å². The Morgan fingerprint density at radius 2 is 2.03 bits per heavy atom. The molecule has 2 aliphatic heterocycles. The molecule has 0 unspecified atom stereocenters. The van der Waals surface area contributed by atoms with Crippen LogP contribution in [-0.4, -0.2) is 49.4 Å². The van der Waals surface area contributed by atoms with E-state index in [4.69, 9.17) is 11.6 Å². The molecular weight excluding hydrogens is 418 g/mol. The Morgan fingerprint density at radius 3 is 2.66 bits per heavy atom. The smallest absolute Gasteiger partial charge is 0.335 e. The number of carbonyl (C=O) groups excluding carboxylic acids is 1. The van der Waals surface area contributed by atoms with E-state index in [0.29, 0.717) is 31.3 Å². The second kappa shape index (κ2) is 7.12. The molecule has 0 bridgehead atoms. The highest BCUT2D eigenvalue weighted by molar-refractivity contribution is 6.31. The number of nitrogens with zero attached hydrogens (tertiary/aromatic N) is 5. The van der Waals surface area contributed by atoms with Crippen LogP contribution in [0.1, 0.15) is 36.0 Å². The molecule has 156 valence electrons. The van der Waals surface area contributed by atoms with Crippen LogP contribution in [0.5, 0.6) is 0 Å². The number of likely N-dealkylation sites (tertiary alicyclic amines) is 1. The molecule has 0 N–H and O–H groups in total. The topological polar surface area (TPSA) is 73.0 Å². The Hall–Kier alpha value is -2.43. The summed E-state index contributed by atoms with van der Waals surface area (Å²) in [6, 6.07) is -0.0161. The third-order valence-electron chi connectivity index (χ3n) is 5.11. The molecule has 0 spiro atoms. The summed E-state index contributed by atoms with van der Waals surface area (Å²) < 4.78 is 53.7. The van der Waals surface area contributed by atoms with Crippen LogP contribution in [0.3, 0.4) is 0 Å². The normalized spacial score (nSPS) is 19.8. The monoisotopic (exact) mass is 433 g/mol. The van der Waals surface area contributed by atoms with Gasteiger partial charge in [-0.15, -0.1) is 0 Å². The van der Waals surface area contributed by atoms with Gasteiger partial charge in [0.05, 0.1) is 35.9 Å².